The molecule has 0 spiro atoms. The lowest BCUT2D eigenvalue weighted by Crippen LogP contribution is -2.07. The molecule has 26 heavy (non-hydrogen) atoms. The Labute approximate surface area is 170 Å². The molecule has 1 heterocycles. The van der Waals surface area contributed by atoms with E-state index in [0.717, 1.165) is 25.8 Å². The summed E-state index contributed by atoms with van der Waals surface area (Å²) in [6.45, 7) is 0. The Hall–Kier alpha value is -2.10. The third-order valence-corrected chi connectivity index (χ3v) is 5.36. The average molecular weight is 468 g/mol. The first-order valence-electron chi connectivity index (χ1n) is 8.36. The Morgan fingerprint density at radius 1 is 0.654 bits per heavy atom. The summed E-state index contributed by atoms with van der Waals surface area (Å²) in [5, 5.41) is 0. The fourth-order valence-electron chi connectivity index (χ4n) is 2.95. The van der Waals surface area contributed by atoms with Gasteiger partial charge in [0.2, 0.25) is 0 Å². The van der Waals surface area contributed by atoms with Gasteiger partial charge in [0.25, 0.3) is 0 Å². The molecule has 0 amide bonds. The van der Waals surface area contributed by atoms with Gasteiger partial charge in [-0.15, -0.1) is 0 Å². The van der Waals surface area contributed by atoms with Crippen molar-refractivity contribution in [2.75, 3.05) is 0 Å². The first-order valence-corrected chi connectivity index (χ1v) is 9.95. The zero-order valence-electron chi connectivity index (χ0n) is 13.9. The molecule has 3 aromatic carbocycles. The van der Waals surface area contributed by atoms with Gasteiger partial charge in [-0.25, -0.2) is 0 Å². The maximum Gasteiger partial charge on any atom is 0.143 e. The van der Waals surface area contributed by atoms with Gasteiger partial charge in [0.1, 0.15) is 11.9 Å². The maximum atomic E-state index is 6.34. The molecular weight excluding hydrogens is 452 g/mol. The van der Waals surface area contributed by atoms with E-state index in [1.807, 2.05) is 30.3 Å². The van der Waals surface area contributed by atoms with Gasteiger partial charge < -0.3 is 4.74 Å². The molecule has 3 aromatic rings. The molecule has 1 atom stereocenters. The van der Waals surface area contributed by atoms with E-state index in [0.29, 0.717) is 0 Å². The zero-order valence-corrected chi connectivity index (χ0v) is 17.1. The van der Waals surface area contributed by atoms with Gasteiger partial charge in [-0.1, -0.05) is 86.5 Å². The molecule has 1 unspecified atom stereocenters. The fraction of sp³-hybridized carbons (Fsp3) is 0.0435. The molecule has 0 bridgehead atoms. The molecule has 0 N–H and O–H groups in total. The van der Waals surface area contributed by atoms with Gasteiger partial charge in [-0.3, -0.25) is 0 Å². The second-order valence-corrected chi connectivity index (χ2v) is 7.92. The van der Waals surface area contributed by atoms with Crippen LogP contribution in [0.1, 0.15) is 22.8 Å². The minimum Gasteiger partial charge on any atom is -0.481 e. The molecule has 1 aliphatic rings. The van der Waals surface area contributed by atoms with Gasteiger partial charge in [0.15, 0.2) is 0 Å². The number of benzene rings is 3. The predicted octanol–water partition coefficient (Wildman–Crippen LogP) is 7.41. The minimum absolute atomic E-state index is 0.123. The first-order chi connectivity index (χ1) is 12.7. The third-order valence-electron chi connectivity index (χ3n) is 4.31. The van der Waals surface area contributed by atoms with E-state index in [-0.39, 0.29) is 6.10 Å². The number of hydrogen-bond acceptors (Lipinski definition) is 1. The molecule has 0 saturated heterocycles. The van der Waals surface area contributed by atoms with Gasteiger partial charge in [-0.2, -0.15) is 0 Å². The Morgan fingerprint density at radius 2 is 1.27 bits per heavy atom. The summed E-state index contributed by atoms with van der Waals surface area (Å²) in [5.41, 5.74) is 4.55. The smallest absolute Gasteiger partial charge is 0.143 e. The molecule has 128 valence electrons. The monoisotopic (exact) mass is 466 g/mol. The van der Waals surface area contributed by atoms with Crippen molar-refractivity contribution in [1.29, 1.82) is 0 Å². The molecular formula is C23H16Br2O. The van der Waals surface area contributed by atoms with E-state index < -0.39 is 0 Å². The summed E-state index contributed by atoms with van der Waals surface area (Å²) >= 11 is 7.00. The molecule has 0 fully saturated rings. The van der Waals surface area contributed by atoms with E-state index >= 15 is 0 Å². The zero-order chi connectivity index (χ0) is 17.9. The van der Waals surface area contributed by atoms with Gasteiger partial charge in [0, 0.05) is 14.5 Å². The highest BCUT2D eigenvalue weighted by Crippen LogP contribution is 2.37. The summed E-state index contributed by atoms with van der Waals surface area (Å²) in [6.07, 6.45) is 4.18. The Bertz CT molecular complexity index is 955. The minimum atomic E-state index is -0.123. The van der Waals surface area contributed by atoms with Crippen molar-refractivity contribution >= 4 is 43.2 Å². The molecule has 1 aliphatic heterocycles. The van der Waals surface area contributed by atoms with Crippen LogP contribution in [0.4, 0.5) is 0 Å². The van der Waals surface area contributed by atoms with Crippen molar-refractivity contribution in [2.45, 2.75) is 6.10 Å². The summed E-state index contributed by atoms with van der Waals surface area (Å²) < 4.78 is 8.46. The Morgan fingerprint density at radius 3 is 1.92 bits per heavy atom. The molecule has 3 heteroatoms. The van der Waals surface area contributed by atoms with Gasteiger partial charge >= 0.3 is 0 Å². The van der Waals surface area contributed by atoms with Crippen molar-refractivity contribution in [2.24, 2.45) is 0 Å². The van der Waals surface area contributed by atoms with Crippen LogP contribution in [0.25, 0.3) is 11.3 Å². The van der Waals surface area contributed by atoms with E-state index in [9.17, 15) is 0 Å². The molecule has 0 aromatic heterocycles. The number of ether oxygens (including phenoxy) is 1. The first kappa shape index (κ1) is 17.3. The highest BCUT2D eigenvalue weighted by Gasteiger charge is 2.20. The van der Waals surface area contributed by atoms with Gasteiger partial charge in [0.05, 0.1) is 0 Å². The van der Waals surface area contributed by atoms with E-state index in [4.69, 9.17) is 4.74 Å². The van der Waals surface area contributed by atoms with E-state index in [2.05, 4.69) is 92.5 Å². The highest BCUT2D eigenvalue weighted by molar-refractivity contribution is 9.10. The van der Waals surface area contributed by atoms with Crippen LogP contribution >= 0.6 is 31.9 Å². The number of rotatable bonds is 3. The second-order valence-electron chi connectivity index (χ2n) is 6.09. The van der Waals surface area contributed by atoms with Crippen LogP contribution in [0.2, 0.25) is 0 Å². The molecule has 4 rings (SSSR count). The summed E-state index contributed by atoms with van der Waals surface area (Å²) in [5.74, 6) is 0.881. The van der Waals surface area contributed by atoms with Crippen molar-refractivity contribution < 1.29 is 4.74 Å². The number of halogens is 2. The SMILES string of the molecule is Brc1ccc(C2=CC(c3ccccc3)=CC(c3ccc(Br)cc3)O2)cc1. The fourth-order valence-corrected chi connectivity index (χ4v) is 3.48. The van der Waals surface area contributed by atoms with Crippen molar-refractivity contribution in [3.63, 3.8) is 0 Å². The molecule has 1 nitrogen and oxygen atoms in total. The van der Waals surface area contributed by atoms with Crippen LogP contribution in [0.3, 0.4) is 0 Å². The molecule has 0 radical (unpaired) electrons. The van der Waals surface area contributed by atoms with Crippen LogP contribution in [0.15, 0.2) is 100.0 Å². The third kappa shape index (κ3) is 3.84. The second kappa shape index (κ2) is 7.65. The lowest BCUT2D eigenvalue weighted by Gasteiger charge is -2.25. The van der Waals surface area contributed by atoms with Crippen molar-refractivity contribution in [3.05, 3.63) is 117 Å². The van der Waals surface area contributed by atoms with E-state index in [1.54, 1.807) is 0 Å². The largest absolute Gasteiger partial charge is 0.481 e. The summed E-state index contributed by atoms with van der Waals surface area (Å²) in [6, 6.07) is 26.9. The van der Waals surface area contributed by atoms with Crippen molar-refractivity contribution in [3.8, 4) is 0 Å². The van der Waals surface area contributed by atoms with Crippen LogP contribution in [0, 0.1) is 0 Å². The molecule has 0 saturated carbocycles. The van der Waals surface area contributed by atoms with Crippen LogP contribution < -0.4 is 0 Å². The Kier molecular flexibility index (Phi) is 5.09. The predicted molar refractivity (Wildman–Crippen MR) is 115 cm³/mol. The normalized spacial score (nSPS) is 16.5. The topological polar surface area (TPSA) is 9.23 Å². The lowest BCUT2D eigenvalue weighted by atomic mass is 9.96. The van der Waals surface area contributed by atoms with Crippen molar-refractivity contribution in [1.82, 2.24) is 0 Å². The number of allylic oxidation sites excluding steroid dienone is 2. The highest BCUT2D eigenvalue weighted by atomic mass is 79.9. The van der Waals surface area contributed by atoms with Gasteiger partial charge in [-0.05, 0) is 53.1 Å². The summed E-state index contributed by atoms with van der Waals surface area (Å²) in [7, 11) is 0. The average Bonchev–Trinajstić information content (AvgIpc) is 2.69. The summed E-state index contributed by atoms with van der Waals surface area (Å²) in [4.78, 5) is 0. The Balaban J connectivity index is 1.77. The van der Waals surface area contributed by atoms with Crippen LogP contribution in [0.5, 0.6) is 0 Å². The quantitative estimate of drug-likeness (QED) is 0.389. The van der Waals surface area contributed by atoms with Crippen LogP contribution in [-0.2, 0) is 4.74 Å². The number of hydrogen-bond donors (Lipinski definition) is 0. The van der Waals surface area contributed by atoms with E-state index in [1.165, 1.54) is 11.1 Å². The standard InChI is InChI=1S/C23H16Br2O/c24-20-10-6-17(7-11-20)22-14-19(16-4-2-1-3-5-16)15-23(26-22)18-8-12-21(25)13-9-18/h1-15,22H. The maximum absolute atomic E-state index is 6.34. The lowest BCUT2D eigenvalue weighted by molar-refractivity contribution is 0.213. The molecule has 0 aliphatic carbocycles. The van der Waals surface area contributed by atoms with Crippen LogP contribution in [-0.4, -0.2) is 0 Å².